The Morgan fingerprint density at radius 2 is 1.80 bits per heavy atom. The van der Waals surface area contributed by atoms with Crippen molar-refractivity contribution in [3.8, 4) is 17.5 Å². The number of nitrogens with zero attached hydrogens (tertiary/aromatic N) is 7. The monoisotopic (exact) mass is 915 g/mol. The zero-order valence-corrected chi connectivity index (χ0v) is 37.9. The van der Waals surface area contributed by atoms with Crippen LogP contribution < -0.4 is 14.4 Å². The Morgan fingerprint density at radius 3 is 2.54 bits per heavy atom. The van der Waals surface area contributed by atoms with Gasteiger partial charge in [-0.2, -0.15) is 5.26 Å². The number of nitrogens with one attached hydrogen (secondary N) is 2. The molecule has 0 spiro atoms. The van der Waals surface area contributed by atoms with Gasteiger partial charge >= 0.3 is 5.69 Å². The third-order valence-corrected chi connectivity index (χ3v) is 14.8. The van der Waals surface area contributed by atoms with Gasteiger partial charge in [-0.3, -0.25) is 29.6 Å². The number of carbonyl (C=O) groups is 1. The first kappa shape index (κ1) is 43.9. The van der Waals surface area contributed by atoms with E-state index in [1.807, 2.05) is 36.4 Å². The number of nitro benzene ring substituents is 1. The molecule has 1 amide bonds. The van der Waals surface area contributed by atoms with Gasteiger partial charge < -0.3 is 9.64 Å². The smallest absolute Gasteiger partial charge is 0.312 e. The topological polar surface area (TPSA) is 192 Å². The molecule has 2 N–H and O–H groups in total. The summed E-state index contributed by atoms with van der Waals surface area (Å²) in [7, 11) is -4.61. The number of allylic oxidation sites excluding steroid dienone is 1. The van der Waals surface area contributed by atoms with Gasteiger partial charge in [0.05, 0.1) is 39.3 Å². The quantitative estimate of drug-likeness (QED) is 0.0879. The number of amides is 1. The van der Waals surface area contributed by atoms with Gasteiger partial charge in [-0.25, -0.2) is 23.1 Å². The third-order valence-electron chi connectivity index (χ3n) is 13.2. The van der Waals surface area contributed by atoms with E-state index in [1.54, 1.807) is 23.1 Å². The molecule has 1 saturated carbocycles. The van der Waals surface area contributed by atoms with Crippen molar-refractivity contribution in [2.24, 2.45) is 17.3 Å². The van der Waals surface area contributed by atoms with E-state index in [0.29, 0.717) is 22.4 Å². The number of H-pyrrole nitrogens is 1. The highest BCUT2D eigenvalue weighted by Gasteiger charge is 2.31. The summed E-state index contributed by atoms with van der Waals surface area (Å²) in [5.74, 6) is -0.873. The molecule has 2 aliphatic carbocycles. The average molecular weight is 917 g/mol. The number of nitriles is 1. The van der Waals surface area contributed by atoms with Crippen LogP contribution in [-0.2, 0) is 10.0 Å². The van der Waals surface area contributed by atoms with Crippen LogP contribution in [-0.4, -0.2) is 83.2 Å². The van der Waals surface area contributed by atoms with E-state index in [4.69, 9.17) is 16.3 Å². The number of anilines is 1. The van der Waals surface area contributed by atoms with E-state index in [1.165, 1.54) is 28.8 Å². The molecule has 15 nitrogen and oxygen atoms in total. The number of ether oxygens (including phenoxy) is 1. The van der Waals surface area contributed by atoms with Crippen LogP contribution in [0.5, 0.6) is 5.75 Å². The first-order valence-electron chi connectivity index (χ1n) is 22.0. The minimum absolute atomic E-state index is 0.00165. The second-order valence-corrected chi connectivity index (χ2v) is 20.4. The maximum Gasteiger partial charge on any atom is 0.312 e. The summed E-state index contributed by atoms with van der Waals surface area (Å²) in [6.45, 7) is 8.85. The predicted molar refractivity (Wildman–Crippen MR) is 250 cm³/mol. The maximum absolute atomic E-state index is 14.2. The SMILES string of the molecule is CC1(C)CCC(CN2CCN(c3ccc(C(=O)NS(=O)(=O)c4ccc(OCC5CCC(C#N)CC5)c([N+](=O)[O-])c4)c(-n4[nH]cc5nc6nccc6cc54)c3)CC2)=C(c2ccc(Cl)cc2)C1. The van der Waals surface area contributed by atoms with Crippen molar-refractivity contribution in [2.75, 3.05) is 44.2 Å². The standard InChI is InChI=1S/C48H50ClN9O6S/c1-48(2)17-15-35(40(26-48)33-7-9-36(49)10-8-33)29-55-19-21-56(22-20-55)37-11-13-39(42(24-37)57-43-23-34-16-18-51-46(34)53-41(43)28-52-57)47(59)54-65(62,63)38-12-14-45(44(25-38)58(60)61)64-30-32-5-3-31(27-50)4-6-32/h7-14,16,18,23-25,28,31-32,52H,3-6,15,17,19-22,26,29-30H2,1-2H3,(H,54,59). The minimum atomic E-state index is -4.61. The molecule has 1 saturated heterocycles. The highest BCUT2D eigenvalue weighted by Crippen LogP contribution is 2.43. The fraction of sp³-hybridized carbons (Fsp3) is 0.375. The molecule has 65 heavy (non-hydrogen) atoms. The Balaban J connectivity index is 0.964. The number of aromatic nitrogens is 4. The number of halogens is 1. The largest absolute Gasteiger partial charge is 0.487 e. The maximum atomic E-state index is 14.2. The molecule has 3 aromatic heterocycles. The van der Waals surface area contributed by atoms with Crippen molar-refractivity contribution in [2.45, 2.75) is 63.7 Å². The Hall–Kier alpha value is -6.28. The van der Waals surface area contributed by atoms with Crippen LogP contribution in [0.3, 0.4) is 0 Å². The second kappa shape index (κ2) is 17.9. The van der Waals surface area contributed by atoms with E-state index < -0.39 is 31.4 Å². The van der Waals surface area contributed by atoms with Gasteiger partial charge in [0.25, 0.3) is 15.9 Å². The Morgan fingerprint density at radius 1 is 1.03 bits per heavy atom. The summed E-state index contributed by atoms with van der Waals surface area (Å²) in [5, 5.41) is 26.1. The lowest BCUT2D eigenvalue weighted by atomic mass is 9.72. The lowest BCUT2D eigenvalue weighted by Crippen LogP contribution is -2.47. The van der Waals surface area contributed by atoms with Crippen LogP contribution in [0.2, 0.25) is 5.02 Å². The molecule has 0 radical (unpaired) electrons. The van der Waals surface area contributed by atoms with Crippen LogP contribution >= 0.6 is 11.6 Å². The lowest BCUT2D eigenvalue weighted by Gasteiger charge is -2.39. The van der Waals surface area contributed by atoms with Crippen LogP contribution in [0.4, 0.5) is 11.4 Å². The van der Waals surface area contributed by atoms with Crippen molar-refractivity contribution in [1.29, 1.82) is 5.26 Å². The third kappa shape index (κ3) is 9.45. The normalized spacial score (nSPS) is 19.3. The highest BCUT2D eigenvalue weighted by molar-refractivity contribution is 7.90. The zero-order chi connectivity index (χ0) is 45.5. The van der Waals surface area contributed by atoms with E-state index in [-0.39, 0.29) is 35.2 Å². The molecule has 2 fully saturated rings. The predicted octanol–water partition coefficient (Wildman–Crippen LogP) is 9.08. The Kier molecular flexibility index (Phi) is 12.1. The number of pyridine rings is 1. The molecule has 3 aromatic carbocycles. The van der Waals surface area contributed by atoms with Gasteiger partial charge in [-0.15, -0.1) is 0 Å². The number of carbonyl (C=O) groups excluding carboxylic acids is 1. The van der Waals surface area contributed by atoms with Crippen LogP contribution in [0.25, 0.3) is 33.3 Å². The fourth-order valence-electron chi connectivity index (χ4n) is 9.44. The van der Waals surface area contributed by atoms with Gasteiger partial charge in [0.2, 0.25) is 0 Å². The first-order chi connectivity index (χ1) is 31.2. The number of benzene rings is 3. The van der Waals surface area contributed by atoms with E-state index in [0.717, 1.165) is 99.8 Å². The van der Waals surface area contributed by atoms with Crippen LogP contribution in [0, 0.1) is 38.7 Å². The molecular weight excluding hydrogens is 866 g/mol. The van der Waals surface area contributed by atoms with Crippen molar-refractivity contribution < 1.29 is 22.9 Å². The molecule has 6 aromatic rings. The summed E-state index contributed by atoms with van der Waals surface area (Å²) in [4.78, 5) is 39.0. The molecule has 336 valence electrons. The molecule has 9 rings (SSSR count). The second-order valence-electron chi connectivity index (χ2n) is 18.2. The Labute approximate surface area is 382 Å². The minimum Gasteiger partial charge on any atom is -0.487 e. The molecule has 0 atom stereocenters. The molecule has 3 aliphatic rings. The number of hydrogen-bond acceptors (Lipinski definition) is 11. The molecular formula is C48H50ClN9O6S. The number of nitro groups is 1. The summed E-state index contributed by atoms with van der Waals surface area (Å²) in [5.41, 5.74) is 6.88. The van der Waals surface area contributed by atoms with Gasteiger partial charge in [-0.1, -0.05) is 43.2 Å². The van der Waals surface area contributed by atoms with Gasteiger partial charge in [-0.05, 0) is 122 Å². The van der Waals surface area contributed by atoms with Crippen molar-refractivity contribution in [1.82, 2.24) is 29.4 Å². The van der Waals surface area contributed by atoms with Crippen molar-refractivity contribution in [3.63, 3.8) is 0 Å². The Bertz CT molecular complexity index is 2980. The number of hydrogen-bond donors (Lipinski definition) is 2. The van der Waals surface area contributed by atoms with E-state index in [2.05, 4.69) is 61.6 Å². The van der Waals surface area contributed by atoms with Gasteiger partial charge in [0.15, 0.2) is 11.4 Å². The van der Waals surface area contributed by atoms with Gasteiger partial charge in [0.1, 0.15) is 5.52 Å². The molecule has 4 heterocycles. The zero-order valence-electron chi connectivity index (χ0n) is 36.3. The number of rotatable bonds is 12. The van der Waals surface area contributed by atoms with E-state index >= 15 is 0 Å². The number of fused-ring (bicyclic) bond motifs is 2. The molecule has 0 unspecified atom stereocenters. The van der Waals surface area contributed by atoms with Crippen molar-refractivity contribution >= 4 is 66.5 Å². The summed E-state index contributed by atoms with van der Waals surface area (Å²) in [6, 6.07) is 22.9. The molecule has 0 bridgehead atoms. The highest BCUT2D eigenvalue weighted by atomic mass is 35.5. The number of piperazine rings is 1. The molecule has 17 heteroatoms. The lowest BCUT2D eigenvalue weighted by molar-refractivity contribution is -0.386. The number of aromatic amines is 1. The van der Waals surface area contributed by atoms with Crippen LogP contribution in [0.15, 0.2) is 95.7 Å². The molecule has 1 aliphatic heterocycles. The van der Waals surface area contributed by atoms with E-state index in [9.17, 15) is 28.6 Å². The van der Waals surface area contributed by atoms with Crippen molar-refractivity contribution in [3.05, 3.63) is 117 Å². The van der Waals surface area contributed by atoms with Gasteiger partial charge in [0, 0.05) is 73.2 Å². The summed E-state index contributed by atoms with van der Waals surface area (Å²) < 4.78 is 37.4. The summed E-state index contributed by atoms with van der Waals surface area (Å²) in [6.07, 6.45) is 9.55. The van der Waals surface area contributed by atoms with Crippen LogP contribution in [0.1, 0.15) is 74.7 Å². The first-order valence-corrected chi connectivity index (χ1v) is 23.9. The fourth-order valence-corrected chi connectivity index (χ4v) is 10.6. The average Bonchev–Trinajstić information content (AvgIpc) is 3.94. The number of sulfonamides is 1. The summed E-state index contributed by atoms with van der Waals surface area (Å²) >= 11 is 6.26.